The van der Waals surface area contributed by atoms with Crippen LogP contribution in [-0.4, -0.2) is 30.6 Å². The number of esters is 1. The zero-order valence-corrected chi connectivity index (χ0v) is 12.6. The molecule has 0 amide bonds. The van der Waals surface area contributed by atoms with Crippen LogP contribution >= 0.6 is 11.6 Å². The lowest BCUT2D eigenvalue weighted by Crippen LogP contribution is -2.31. The average molecular weight is 295 g/mol. The normalized spacial score (nSPS) is 10.3. The molecule has 20 heavy (non-hydrogen) atoms. The Morgan fingerprint density at radius 1 is 1.45 bits per heavy atom. The van der Waals surface area contributed by atoms with Crippen LogP contribution in [0.25, 0.3) is 0 Å². The van der Waals surface area contributed by atoms with Gasteiger partial charge in [0.2, 0.25) is 0 Å². The van der Waals surface area contributed by atoms with E-state index in [1.54, 1.807) is 19.1 Å². The summed E-state index contributed by atoms with van der Waals surface area (Å²) in [5.74, 6) is -0.231. The highest BCUT2D eigenvalue weighted by Crippen LogP contribution is 2.19. The van der Waals surface area contributed by atoms with Crippen molar-refractivity contribution < 1.29 is 9.53 Å². The molecule has 0 aliphatic carbocycles. The number of nitrogens with zero attached hydrogens (tertiary/aromatic N) is 2. The molecule has 5 heteroatoms. The minimum Gasteiger partial charge on any atom is -0.465 e. The first-order valence-corrected chi connectivity index (χ1v) is 7.05. The first kappa shape index (κ1) is 16.5. The number of hydrogen-bond acceptors (Lipinski definition) is 4. The summed E-state index contributed by atoms with van der Waals surface area (Å²) in [6.45, 7) is 5.83. The second-order valence-corrected chi connectivity index (χ2v) is 4.84. The molecule has 0 N–H and O–H groups in total. The maximum atomic E-state index is 11.6. The number of hydrogen-bond donors (Lipinski definition) is 0. The summed E-state index contributed by atoms with van der Waals surface area (Å²) in [6.07, 6.45) is 0.938. The van der Waals surface area contributed by atoms with E-state index in [2.05, 4.69) is 13.0 Å². The Morgan fingerprint density at radius 2 is 2.20 bits per heavy atom. The van der Waals surface area contributed by atoms with Crippen molar-refractivity contribution in [3.8, 4) is 6.07 Å². The molecule has 4 nitrogen and oxygen atoms in total. The molecule has 108 valence electrons. The van der Waals surface area contributed by atoms with E-state index in [0.717, 1.165) is 18.5 Å². The minimum absolute atomic E-state index is 0.231. The highest BCUT2D eigenvalue weighted by molar-refractivity contribution is 6.31. The van der Waals surface area contributed by atoms with Gasteiger partial charge in [0.25, 0.3) is 0 Å². The van der Waals surface area contributed by atoms with Crippen LogP contribution in [0.5, 0.6) is 0 Å². The molecule has 0 aliphatic heterocycles. The molecular formula is C15H19ClN2O2. The summed E-state index contributed by atoms with van der Waals surface area (Å²) in [5, 5.41) is 9.37. The SMILES string of the molecule is CCCN(CC(=O)OCC)Cc1ccc(C#N)cc1Cl. The molecule has 0 saturated carbocycles. The van der Waals surface area contributed by atoms with Gasteiger partial charge in [-0.25, -0.2) is 0 Å². The molecule has 0 atom stereocenters. The topological polar surface area (TPSA) is 53.3 Å². The first-order valence-electron chi connectivity index (χ1n) is 6.67. The number of halogens is 1. The van der Waals surface area contributed by atoms with Crippen LogP contribution in [0.3, 0.4) is 0 Å². The summed E-state index contributed by atoms with van der Waals surface area (Å²) in [4.78, 5) is 13.6. The summed E-state index contributed by atoms with van der Waals surface area (Å²) in [7, 11) is 0. The molecule has 1 rings (SSSR count). The van der Waals surface area contributed by atoms with Crippen molar-refractivity contribution in [1.29, 1.82) is 5.26 Å². The Bertz CT molecular complexity index is 497. The van der Waals surface area contributed by atoms with Gasteiger partial charge in [-0.1, -0.05) is 24.6 Å². The smallest absolute Gasteiger partial charge is 0.320 e. The molecule has 0 saturated heterocycles. The summed E-state index contributed by atoms with van der Waals surface area (Å²) >= 11 is 6.16. The van der Waals surface area contributed by atoms with Gasteiger partial charge >= 0.3 is 5.97 Å². The van der Waals surface area contributed by atoms with Crippen molar-refractivity contribution in [1.82, 2.24) is 4.90 Å². The Kier molecular flexibility index (Phi) is 7.06. The highest BCUT2D eigenvalue weighted by atomic mass is 35.5. The van der Waals surface area contributed by atoms with Crippen molar-refractivity contribution in [2.24, 2.45) is 0 Å². The Hall–Kier alpha value is -1.57. The van der Waals surface area contributed by atoms with E-state index in [0.29, 0.717) is 23.7 Å². The molecule has 0 bridgehead atoms. The van der Waals surface area contributed by atoms with E-state index in [-0.39, 0.29) is 12.5 Å². The Morgan fingerprint density at radius 3 is 2.75 bits per heavy atom. The van der Waals surface area contributed by atoms with Gasteiger partial charge in [-0.2, -0.15) is 5.26 Å². The number of rotatable bonds is 7. The maximum Gasteiger partial charge on any atom is 0.320 e. The second kappa shape index (κ2) is 8.57. The first-order chi connectivity index (χ1) is 9.60. The fourth-order valence-electron chi connectivity index (χ4n) is 1.91. The third-order valence-electron chi connectivity index (χ3n) is 2.77. The fourth-order valence-corrected chi connectivity index (χ4v) is 2.15. The van der Waals surface area contributed by atoms with Gasteiger partial charge in [-0.15, -0.1) is 0 Å². The van der Waals surface area contributed by atoms with Crippen molar-refractivity contribution in [2.75, 3.05) is 19.7 Å². The van der Waals surface area contributed by atoms with Gasteiger partial charge in [0.1, 0.15) is 0 Å². The predicted octanol–water partition coefficient (Wildman–Crippen LogP) is 2.99. The van der Waals surface area contributed by atoms with E-state index in [9.17, 15) is 4.79 Å². The number of nitriles is 1. The Balaban J connectivity index is 2.75. The second-order valence-electron chi connectivity index (χ2n) is 4.43. The van der Waals surface area contributed by atoms with Crippen LogP contribution < -0.4 is 0 Å². The molecule has 0 aromatic heterocycles. The van der Waals surface area contributed by atoms with Crippen molar-refractivity contribution >= 4 is 17.6 Å². The fraction of sp³-hybridized carbons (Fsp3) is 0.467. The standard InChI is InChI=1S/C15H19ClN2O2/c1-3-7-18(11-15(19)20-4-2)10-13-6-5-12(9-17)8-14(13)16/h5-6,8H,3-4,7,10-11H2,1-2H3. The molecule has 0 spiro atoms. The quantitative estimate of drug-likeness (QED) is 0.726. The minimum atomic E-state index is -0.231. The Labute approximate surface area is 124 Å². The van der Waals surface area contributed by atoms with Crippen LogP contribution in [0.2, 0.25) is 5.02 Å². The molecule has 0 heterocycles. The zero-order valence-electron chi connectivity index (χ0n) is 11.9. The van der Waals surface area contributed by atoms with E-state index in [1.165, 1.54) is 0 Å². The van der Waals surface area contributed by atoms with Crippen LogP contribution in [0, 0.1) is 11.3 Å². The van der Waals surface area contributed by atoms with Gasteiger partial charge in [0.05, 0.1) is 24.8 Å². The lowest BCUT2D eigenvalue weighted by Gasteiger charge is -2.21. The van der Waals surface area contributed by atoms with Gasteiger partial charge in [-0.05, 0) is 37.6 Å². The summed E-state index contributed by atoms with van der Waals surface area (Å²) in [5.41, 5.74) is 1.44. The van der Waals surface area contributed by atoms with Crippen molar-refractivity contribution in [2.45, 2.75) is 26.8 Å². The lowest BCUT2D eigenvalue weighted by molar-refractivity contribution is -0.144. The molecule has 0 aliphatic rings. The number of carbonyl (C=O) groups is 1. The van der Waals surface area contributed by atoms with Crippen LogP contribution in [0.1, 0.15) is 31.4 Å². The molecular weight excluding hydrogens is 276 g/mol. The van der Waals surface area contributed by atoms with E-state index >= 15 is 0 Å². The van der Waals surface area contributed by atoms with Crippen molar-refractivity contribution in [3.05, 3.63) is 34.3 Å². The zero-order chi connectivity index (χ0) is 15.0. The third-order valence-corrected chi connectivity index (χ3v) is 3.13. The predicted molar refractivity (Wildman–Crippen MR) is 78.4 cm³/mol. The monoisotopic (exact) mass is 294 g/mol. The molecule has 0 unspecified atom stereocenters. The molecule has 1 aromatic carbocycles. The van der Waals surface area contributed by atoms with Gasteiger partial charge in [-0.3, -0.25) is 9.69 Å². The summed E-state index contributed by atoms with van der Waals surface area (Å²) < 4.78 is 4.97. The largest absolute Gasteiger partial charge is 0.465 e. The van der Waals surface area contributed by atoms with Gasteiger partial charge in [0.15, 0.2) is 0 Å². The highest BCUT2D eigenvalue weighted by Gasteiger charge is 2.13. The lowest BCUT2D eigenvalue weighted by atomic mass is 10.1. The van der Waals surface area contributed by atoms with E-state index < -0.39 is 0 Å². The van der Waals surface area contributed by atoms with Crippen LogP contribution in [0.15, 0.2) is 18.2 Å². The number of carbonyl (C=O) groups excluding carboxylic acids is 1. The molecule has 0 radical (unpaired) electrons. The molecule has 0 fully saturated rings. The van der Waals surface area contributed by atoms with E-state index in [1.807, 2.05) is 11.0 Å². The van der Waals surface area contributed by atoms with Gasteiger partial charge in [0, 0.05) is 11.6 Å². The summed E-state index contributed by atoms with van der Waals surface area (Å²) in [6, 6.07) is 7.25. The number of ether oxygens (including phenoxy) is 1. The maximum absolute atomic E-state index is 11.6. The van der Waals surface area contributed by atoms with Crippen molar-refractivity contribution in [3.63, 3.8) is 0 Å². The molecule has 1 aromatic rings. The van der Waals surface area contributed by atoms with E-state index in [4.69, 9.17) is 21.6 Å². The third kappa shape index (κ3) is 5.20. The van der Waals surface area contributed by atoms with Crippen LogP contribution in [0.4, 0.5) is 0 Å². The van der Waals surface area contributed by atoms with Gasteiger partial charge < -0.3 is 4.74 Å². The van der Waals surface area contributed by atoms with Crippen LogP contribution in [-0.2, 0) is 16.1 Å². The average Bonchev–Trinajstić information content (AvgIpc) is 2.41. The number of benzene rings is 1.